The number of ether oxygens (including phenoxy) is 2. The molecule has 0 aliphatic heterocycles. The molecule has 0 aliphatic carbocycles. The van der Waals surface area contributed by atoms with Gasteiger partial charge in [0.2, 0.25) is 0 Å². The number of amides is 1. The molecule has 0 atom stereocenters. The van der Waals surface area contributed by atoms with Crippen LogP contribution in [0.25, 0.3) is 0 Å². The van der Waals surface area contributed by atoms with Gasteiger partial charge in [0.15, 0.2) is 11.5 Å². The van der Waals surface area contributed by atoms with Gasteiger partial charge in [0.1, 0.15) is 9.77 Å². The second-order valence-corrected chi connectivity index (χ2v) is 10.1. The molecule has 11 heteroatoms. The first-order chi connectivity index (χ1) is 16.7. The van der Waals surface area contributed by atoms with Crippen LogP contribution >= 0.6 is 11.3 Å². The fourth-order valence-corrected chi connectivity index (χ4v) is 5.77. The predicted molar refractivity (Wildman–Crippen MR) is 133 cm³/mol. The lowest BCUT2D eigenvalue weighted by molar-refractivity contribution is 0.0696. The average molecular weight is 519 g/mol. The minimum absolute atomic E-state index is 0.0298. The summed E-state index contributed by atoms with van der Waals surface area (Å²) in [4.78, 5) is 23.9. The molecule has 0 saturated carbocycles. The van der Waals surface area contributed by atoms with Crippen molar-refractivity contribution in [2.24, 2.45) is 0 Å². The molecule has 0 saturated heterocycles. The molecule has 35 heavy (non-hydrogen) atoms. The van der Waals surface area contributed by atoms with Crippen molar-refractivity contribution in [3.63, 3.8) is 0 Å². The van der Waals surface area contributed by atoms with Gasteiger partial charge in [-0.25, -0.2) is 13.2 Å². The Bertz CT molecular complexity index is 1320. The van der Waals surface area contributed by atoms with E-state index in [4.69, 9.17) is 14.6 Å². The Hall–Kier alpha value is -3.57. The smallest absolute Gasteiger partial charge is 0.335 e. The van der Waals surface area contributed by atoms with E-state index in [9.17, 15) is 18.0 Å². The second kappa shape index (κ2) is 11.2. The normalized spacial score (nSPS) is 11.1. The van der Waals surface area contributed by atoms with Gasteiger partial charge in [-0.2, -0.15) is 0 Å². The highest BCUT2D eigenvalue weighted by Crippen LogP contribution is 2.34. The number of hydrogen-bond donors (Lipinski definition) is 2. The summed E-state index contributed by atoms with van der Waals surface area (Å²) < 4.78 is 39.0. The summed E-state index contributed by atoms with van der Waals surface area (Å²) in [6.45, 7) is 4.51. The zero-order valence-electron chi connectivity index (χ0n) is 19.5. The SMILES string of the molecule is CCOc1ccc(N(C)S(=O)(=O)c2ccsc2C(=O)NCc2cccc(C(=O)O)c2)cc1OCC. The molecule has 9 nitrogen and oxygen atoms in total. The zero-order valence-corrected chi connectivity index (χ0v) is 21.1. The molecule has 3 aromatic rings. The lowest BCUT2D eigenvalue weighted by Gasteiger charge is -2.21. The van der Waals surface area contributed by atoms with Crippen LogP contribution in [0.1, 0.15) is 39.4 Å². The summed E-state index contributed by atoms with van der Waals surface area (Å²) in [6.07, 6.45) is 0. The van der Waals surface area contributed by atoms with E-state index < -0.39 is 21.9 Å². The van der Waals surface area contributed by atoms with Gasteiger partial charge in [-0.1, -0.05) is 12.1 Å². The number of nitrogens with one attached hydrogen (secondary N) is 1. The Kier molecular flexibility index (Phi) is 8.36. The third-order valence-electron chi connectivity index (χ3n) is 4.99. The van der Waals surface area contributed by atoms with Crippen LogP contribution in [0, 0.1) is 0 Å². The number of carbonyl (C=O) groups is 2. The number of carbonyl (C=O) groups excluding carboxylic acids is 1. The molecular weight excluding hydrogens is 492 g/mol. The number of hydrogen-bond acceptors (Lipinski definition) is 7. The second-order valence-electron chi connectivity index (χ2n) is 7.27. The fraction of sp³-hybridized carbons (Fsp3) is 0.250. The Morgan fingerprint density at radius 1 is 1.03 bits per heavy atom. The van der Waals surface area contributed by atoms with Crippen LogP contribution in [-0.2, 0) is 16.6 Å². The number of nitrogens with zero attached hydrogens (tertiary/aromatic N) is 1. The standard InChI is InChI=1S/C24H26N2O7S2/c1-4-32-19-10-9-18(14-20(19)33-5-2)26(3)35(30,31)21-11-12-34-22(21)23(27)25-15-16-7-6-8-17(13-16)24(28)29/h6-14H,4-5,15H2,1-3H3,(H,25,27)(H,28,29). The van der Waals surface area contributed by atoms with Crippen molar-refractivity contribution >= 4 is 38.9 Å². The summed E-state index contributed by atoms with van der Waals surface area (Å²) in [5.41, 5.74) is 1.02. The molecule has 0 aliphatic rings. The summed E-state index contributed by atoms with van der Waals surface area (Å²) in [7, 11) is -2.67. The summed E-state index contributed by atoms with van der Waals surface area (Å²) >= 11 is 1.00. The molecular formula is C24H26N2O7S2. The van der Waals surface area contributed by atoms with Crippen molar-refractivity contribution in [2.45, 2.75) is 25.3 Å². The van der Waals surface area contributed by atoms with E-state index in [-0.39, 0.29) is 21.9 Å². The van der Waals surface area contributed by atoms with Gasteiger partial charge in [-0.05, 0) is 55.1 Å². The molecule has 3 rings (SSSR count). The van der Waals surface area contributed by atoms with Crippen LogP contribution in [0.5, 0.6) is 11.5 Å². The van der Waals surface area contributed by atoms with Crippen molar-refractivity contribution in [3.05, 3.63) is 69.9 Å². The molecule has 0 unspecified atom stereocenters. The Balaban J connectivity index is 1.83. The van der Waals surface area contributed by atoms with Crippen LogP contribution in [-0.4, -0.2) is 45.7 Å². The van der Waals surface area contributed by atoms with Gasteiger partial charge in [-0.15, -0.1) is 11.3 Å². The van der Waals surface area contributed by atoms with Crippen molar-refractivity contribution in [2.75, 3.05) is 24.6 Å². The van der Waals surface area contributed by atoms with Gasteiger partial charge < -0.3 is 19.9 Å². The van der Waals surface area contributed by atoms with Crippen molar-refractivity contribution in [1.82, 2.24) is 5.32 Å². The van der Waals surface area contributed by atoms with Crippen molar-refractivity contribution in [3.8, 4) is 11.5 Å². The van der Waals surface area contributed by atoms with Crippen LogP contribution in [0.2, 0.25) is 0 Å². The molecule has 0 bridgehead atoms. The first-order valence-corrected chi connectivity index (χ1v) is 13.1. The predicted octanol–water partition coefficient (Wildman–Crippen LogP) is 4.00. The summed E-state index contributed by atoms with van der Waals surface area (Å²) in [5, 5.41) is 13.3. The first kappa shape index (κ1) is 26.0. The van der Waals surface area contributed by atoms with Crippen LogP contribution in [0.4, 0.5) is 5.69 Å². The fourth-order valence-electron chi connectivity index (χ4n) is 3.27. The molecule has 1 amide bonds. The highest BCUT2D eigenvalue weighted by atomic mass is 32.2. The zero-order chi connectivity index (χ0) is 25.6. The highest BCUT2D eigenvalue weighted by molar-refractivity contribution is 7.93. The van der Waals surface area contributed by atoms with Crippen LogP contribution < -0.4 is 19.1 Å². The number of anilines is 1. The number of thiophene rings is 1. The maximum atomic E-state index is 13.4. The molecule has 1 aromatic heterocycles. The quantitative estimate of drug-likeness (QED) is 0.393. The monoisotopic (exact) mass is 518 g/mol. The molecule has 1 heterocycles. The summed E-state index contributed by atoms with van der Waals surface area (Å²) in [6, 6.07) is 12.4. The average Bonchev–Trinajstić information content (AvgIpc) is 3.35. The van der Waals surface area contributed by atoms with Crippen LogP contribution in [0.15, 0.2) is 58.8 Å². The van der Waals surface area contributed by atoms with Gasteiger partial charge in [-0.3, -0.25) is 9.10 Å². The summed E-state index contributed by atoms with van der Waals surface area (Å²) in [5.74, 6) is -0.726. The maximum Gasteiger partial charge on any atom is 0.335 e. The largest absolute Gasteiger partial charge is 0.490 e. The Labute approximate surface area is 208 Å². The molecule has 186 valence electrons. The van der Waals surface area contributed by atoms with Gasteiger partial charge in [0, 0.05) is 19.7 Å². The van der Waals surface area contributed by atoms with E-state index in [2.05, 4.69) is 5.32 Å². The first-order valence-electron chi connectivity index (χ1n) is 10.8. The lowest BCUT2D eigenvalue weighted by atomic mass is 10.1. The topological polar surface area (TPSA) is 122 Å². The lowest BCUT2D eigenvalue weighted by Crippen LogP contribution is -2.29. The number of aromatic carboxylic acids is 1. The number of carboxylic acids is 1. The molecule has 2 N–H and O–H groups in total. The molecule has 0 radical (unpaired) electrons. The number of carboxylic acid groups (broad SMARTS) is 1. The van der Waals surface area contributed by atoms with E-state index >= 15 is 0 Å². The molecule has 2 aromatic carbocycles. The number of sulfonamides is 1. The highest BCUT2D eigenvalue weighted by Gasteiger charge is 2.29. The molecule has 0 fully saturated rings. The van der Waals surface area contributed by atoms with Crippen LogP contribution in [0.3, 0.4) is 0 Å². The maximum absolute atomic E-state index is 13.4. The third kappa shape index (κ3) is 5.92. The van der Waals surface area contributed by atoms with Gasteiger partial charge in [0.25, 0.3) is 15.9 Å². The van der Waals surface area contributed by atoms with Crippen molar-refractivity contribution in [1.29, 1.82) is 0 Å². The Morgan fingerprint density at radius 3 is 2.43 bits per heavy atom. The van der Waals surface area contributed by atoms with Crippen molar-refractivity contribution < 1.29 is 32.6 Å². The molecule has 0 spiro atoms. The number of benzene rings is 2. The minimum atomic E-state index is -4.07. The van der Waals surface area contributed by atoms with E-state index in [0.717, 1.165) is 15.6 Å². The number of rotatable bonds is 11. The van der Waals surface area contributed by atoms with E-state index in [1.165, 1.54) is 30.6 Å². The third-order valence-corrected chi connectivity index (χ3v) is 7.86. The van der Waals surface area contributed by atoms with Gasteiger partial charge in [0.05, 0.1) is 24.5 Å². The minimum Gasteiger partial charge on any atom is -0.490 e. The Morgan fingerprint density at radius 2 is 1.74 bits per heavy atom. The van der Waals surface area contributed by atoms with E-state index in [0.29, 0.717) is 36.0 Å². The van der Waals surface area contributed by atoms with E-state index in [1.54, 1.807) is 30.3 Å². The van der Waals surface area contributed by atoms with Gasteiger partial charge >= 0.3 is 5.97 Å². The van der Waals surface area contributed by atoms with E-state index in [1.807, 2.05) is 13.8 Å².